The summed E-state index contributed by atoms with van der Waals surface area (Å²) in [4.78, 5) is 14.6. The Bertz CT molecular complexity index is 605. The highest BCUT2D eigenvalue weighted by Crippen LogP contribution is 2.63. The molecule has 2 aliphatic carbocycles. The van der Waals surface area contributed by atoms with Crippen molar-refractivity contribution >= 4 is 27.4 Å². The first-order valence-corrected chi connectivity index (χ1v) is 8.09. The van der Waals surface area contributed by atoms with Gasteiger partial charge in [0.25, 0.3) is 5.69 Å². The van der Waals surface area contributed by atoms with Crippen LogP contribution in [0.3, 0.4) is 0 Å². The van der Waals surface area contributed by atoms with Crippen LogP contribution in [0.2, 0.25) is 0 Å². The van der Waals surface area contributed by atoms with E-state index >= 15 is 0 Å². The van der Waals surface area contributed by atoms with E-state index in [1.807, 2.05) is 0 Å². The topological polar surface area (TPSA) is 77.3 Å². The van der Waals surface area contributed by atoms with Gasteiger partial charge in [-0.25, -0.2) is 4.98 Å². The van der Waals surface area contributed by atoms with Gasteiger partial charge in [-0.2, -0.15) is 0 Å². The second-order valence-electron chi connectivity index (χ2n) is 6.23. The lowest BCUT2D eigenvalue weighted by atomic mass is 9.46. The van der Waals surface area contributed by atoms with Gasteiger partial charge >= 0.3 is 0 Å². The molecule has 4 rings (SSSR count). The number of nitrogens with one attached hydrogen (secondary N) is 1. The van der Waals surface area contributed by atoms with Crippen LogP contribution in [-0.2, 0) is 4.74 Å². The predicted molar refractivity (Wildman–Crippen MR) is 80.1 cm³/mol. The van der Waals surface area contributed by atoms with Crippen LogP contribution in [0.1, 0.15) is 25.7 Å². The molecule has 1 spiro atoms. The molecule has 1 aromatic heterocycles. The molecular formula is C14H16BrN3O3. The maximum absolute atomic E-state index is 10.8. The van der Waals surface area contributed by atoms with Gasteiger partial charge < -0.3 is 10.1 Å². The Hall–Kier alpha value is -1.21. The number of hydrogen-bond acceptors (Lipinski definition) is 5. The van der Waals surface area contributed by atoms with Crippen molar-refractivity contribution in [2.75, 3.05) is 11.9 Å². The molecule has 3 atom stereocenters. The van der Waals surface area contributed by atoms with Gasteiger partial charge in [0.2, 0.25) is 0 Å². The first-order chi connectivity index (χ1) is 10.1. The number of anilines is 1. The number of nitrogens with zero attached hydrogens (tertiary/aromatic N) is 2. The Labute approximate surface area is 130 Å². The summed E-state index contributed by atoms with van der Waals surface area (Å²) in [5.41, 5.74) is 0.269. The van der Waals surface area contributed by atoms with E-state index in [-0.39, 0.29) is 11.1 Å². The van der Waals surface area contributed by atoms with Crippen LogP contribution >= 0.6 is 15.9 Å². The molecule has 2 saturated carbocycles. The largest absolute Gasteiger partial charge is 0.377 e. The third kappa shape index (κ3) is 1.83. The van der Waals surface area contributed by atoms with Gasteiger partial charge in [0, 0.05) is 30.0 Å². The summed E-state index contributed by atoms with van der Waals surface area (Å²) in [6, 6.07) is 1.88. The molecule has 2 heterocycles. The average molecular weight is 354 g/mol. The average Bonchev–Trinajstić information content (AvgIpc) is 2.80. The zero-order valence-electron chi connectivity index (χ0n) is 11.4. The fraction of sp³-hybridized carbons (Fsp3) is 0.643. The molecule has 6 nitrogen and oxygen atoms in total. The van der Waals surface area contributed by atoms with E-state index in [4.69, 9.17) is 4.74 Å². The van der Waals surface area contributed by atoms with E-state index in [2.05, 4.69) is 26.2 Å². The molecule has 0 radical (unpaired) electrons. The van der Waals surface area contributed by atoms with Crippen molar-refractivity contribution in [1.29, 1.82) is 0 Å². The second kappa shape index (κ2) is 4.64. The van der Waals surface area contributed by atoms with Gasteiger partial charge in [-0.15, -0.1) is 0 Å². The molecule has 1 saturated heterocycles. The van der Waals surface area contributed by atoms with E-state index in [0.29, 0.717) is 28.4 Å². The zero-order chi connectivity index (χ0) is 14.6. The highest BCUT2D eigenvalue weighted by Gasteiger charge is 2.66. The maximum atomic E-state index is 10.8. The third-order valence-corrected chi connectivity index (χ3v) is 5.97. The number of rotatable bonds is 3. The minimum atomic E-state index is -0.431. The normalized spacial score (nSPS) is 32.1. The number of pyridine rings is 1. The van der Waals surface area contributed by atoms with Crippen LogP contribution in [0.5, 0.6) is 0 Å². The third-order valence-electron chi connectivity index (χ3n) is 5.37. The van der Waals surface area contributed by atoms with E-state index in [0.717, 1.165) is 13.0 Å². The molecule has 0 bridgehead atoms. The Balaban J connectivity index is 1.57. The lowest BCUT2D eigenvalue weighted by molar-refractivity contribution is -0.385. The van der Waals surface area contributed by atoms with Crippen molar-refractivity contribution in [1.82, 2.24) is 4.98 Å². The fourth-order valence-corrected chi connectivity index (χ4v) is 4.69. The Kier molecular flexibility index (Phi) is 2.97. The van der Waals surface area contributed by atoms with Crippen LogP contribution in [-0.4, -0.2) is 28.7 Å². The number of aromatic nitrogens is 1. The predicted octanol–water partition coefficient (Wildman–Crippen LogP) is 3.12. The van der Waals surface area contributed by atoms with Gasteiger partial charge in [-0.3, -0.25) is 10.1 Å². The van der Waals surface area contributed by atoms with Crippen LogP contribution < -0.4 is 5.32 Å². The summed E-state index contributed by atoms with van der Waals surface area (Å²) >= 11 is 3.39. The van der Waals surface area contributed by atoms with Crippen molar-refractivity contribution in [3.05, 3.63) is 26.9 Å². The second-order valence-corrected chi connectivity index (χ2v) is 7.09. The molecule has 3 fully saturated rings. The first-order valence-electron chi connectivity index (χ1n) is 7.30. The van der Waals surface area contributed by atoms with Crippen LogP contribution in [0.4, 0.5) is 11.5 Å². The molecule has 3 unspecified atom stereocenters. The quantitative estimate of drug-likeness (QED) is 0.667. The van der Waals surface area contributed by atoms with Gasteiger partial charge in [-0.05, 0) is 35.2 Å². The number of fused-ring (bicyclic) bond motifs is 2. The number of halogens is 1. The molecule has 21 heavy (non-hydrogen) atoms. The van der Waals surface area contributed by atoms with Gasteiger partial charge in [0.15, 0.2) is 0 Å². The summed E-state index contributed by atoms with van der Waals surface area (Å²) in [5.74, 6) is 1.25. The van der Waals surface area contributed by atoms with Gasteiger partial charge in [0.05, 0.1) is 15.5 Å². The molecular weight excluding hydrogens is 338 g/mol. The van der Waals surface area contributed by atoms with E-state index in [1.165, 1.54) is 31.5 Å². The number of ether oxygens (including phenoxy) is 1. The molecule has 1 aliphatic heterocycles. The number of nitro groups is 1. The monoisotopic (exact) mass is 353 g/mol. The van der Waals surface area contributed by atoms with Gasteiger partial charge in [0.1, 0.15) is 12.0 Å². The SMILES string of the molecule is O=[N+]([O-])c1cnc(NC2C3CCOC3C23CCC3)c(Br)c1. The van der Waals surface area contributed by atoms with E-state index in [1.54, 1.807) is 0 Å². The summed E-state index contributed by atoms with van der Waals surface area (Å²) in [6.07, 6.45) is 6.48. The lowest BCUT2D eigenvalue weighted by Gasteiger charge is -2.63. The Morgan fingerprint density at radius 1 is 1.52 bits per heavy atom. The minimum Gasteiger partial charge on any atom is -0.377 e. The number of hydrogen-bond donors (Lipinski definition) is 1. The summed E-state index contributed by atoms with van der Waals surface area (Å²) in [7, 11) is 0. The smallest absolute Gasteiger partial charge is 0.288 e. The van der Waals surface area contributed by atoms with E-state index in [9.17, 15) is 10.1 Å². The summed E-state index contributed by atoms with van der Waals surface area (Å²) < 4.78 is 6.54. The fourth-order valence-electron chi connectivity index (χ4n) is 4.24. The minimum absolute atomic E-state index is 0.00136. The van der Waals surface area contributed by atoms with E-state index < -0.39 is 4.92 Å². The lowest BCUT2D eigenvalue weighted by Crippen LogP contribution is -2.68. The van der Waals surface area contributed by atoms with Crippen molar-refractivity contribution < 1.29 is 9.66 Å². The molecule has 1 N–H and O–H groups in total. The summed E-state index contributed by atoms with van der Waals surface area (Å²) in [5, 5.41) is 14.3. The Morgan fingerprint density at radius 2 is 2.33 bits per heavy atom. The molecule has 0 amide bonds. The molecule has 7 heteroatoms. The molecule has 1 aromatic rings. The molecule has 112 valence electrons. The van der Waals surface area contributed by atoms with Gasteiger partial charge in [-0.1, -0.05) is 6.42 Å². The van der Waals surface area contributed by atoms with Crippen LogP contribution in [0.25, 0.3) is 0 Å². The molecule has 0 aromatic carbocycles. The molecule has 3 aliphatic rings. The highest BCUT2D eigenvalue weighted by atomic mass is 79.9. The Morgan fingerprint density at radius 3 is 2.95 bits per heavy atom. The maximum Gasteiger partial charge on any atom is 0.288 e. The highest BCUT2D eigenvalue weighted by molar-refractivity contribution is 9.10. The zero-order valence-corrected chi connectivity index (χ0v) is 13.0. The van der Waals surface area contributed by atoms with Crippen LogP contribution in [0, 0.1) is 21.4 Å². The first kappa shape index (κ1) is 13.5. The van der Waals surface area contributed by atoms with Crippen molar-refractivity contribution in [3.8, 4) is 0 Å². The standard InChI is InChI=1S/C14H16BrN3O3/c15-10-6-8(18(19)20)7-16-13(10)17-11-9-2-5-21-12(9)14(11)3-1-4-14/h6-7,9,11-12H,1-5H2,(H,16,17). The van der Waals surface area contributed by atoms with Crippen LogP contribution in [0.15, 0.2) is 16.7 Å². The summed E-state index contributed by atoms with van der Waals surface area (Å²) in [6.45, 7) is 0.851. The van der Waals surface area contributed by atoms with Crippen molar-refractivity contribution in [2.24, 2.45) is 11.3 Å². The van der Waals surface area contributed by atoms with Crippen molar-refractivity contribution in [2.45, 2.75) is 37.8 Å². The van der Waals surface area contributed by atoms with Crippen molar-refractivity contribution in [3.63, 3.8) is 0 Å².